The molecule has 0 bridgehead atoms. The van der Waals surface area contributed by atoms with Crippen LogP contribution in [0, 0.1) is 5.41 Å². The number of hydrogen-bond donors (Lipinski definition) is 1. The summed E-state index contributed by atoms with van der Waals surface area (Å²) in [7, 11) is 0. The molecule has 0 spiro atoms. The molecule has 0 aromatic rings. The highest BCUT2D eigenvalue weighted by molar-refractivity contribution is 5.75. The molecule has 11 heavy (non-hydrogen) atoms. The van der Waals surface area contributed by atoms with E-state index in [1.807, 2.05) is 13.8 Å². The second-order valence-corrected chi connectivity index (χ2v) is 4.01. The molecule has 0 saturated heterocycles. The lowest BCUT2D eigenvalue weighted by atomic mass is 9.88. The van der Waals surface area contributed by atoms with Gasteiger partial charge in [0.1, 0.15) is 0 Å². The molecule has 0 aromatic carbocycles. The predicted molar refractivity (Wildman–Crippen MR) is 47.4 cm³/mol. The minimum absolute atomic E-state index is 0.132. The van der Waals surface area contributed by atoms with E-state index >= 15 is 0 Å². The van der Waals surface area contributed by atoms with Gasteiger partial charge in [0, 0.05) is 12.5 Å². The number of rotatable bonds is 2. The molecule has 0 aliphatic carbocycles. The highest BCUT2D eigenvalue weighted by atomic mass is 16.1. The quantitative estimate of drug-likeness (QED) is 0.652. The average Bonchev–Trinajstić information content (AvgIpc) is 1.85. The zero-order chi connectivity index (χ0) is 9.07. The SMILES string of the molecule is CCC(=O)NC(C)C(C)(C)C. The lowest BCUT2D eigenvalue weighted by Crippen LogP contribution is -2.41. The molecule has 0 radical (unpaired) electrons. The van der Waals surface area contributed by atoms with E-state index in [9.17, 15) is 4.79 Å². The van der Waals surface area contributed by atoms with Crippen LogP contribution in [0.15, 0.2) is 0 Å². The highest BCUT2D eigenvalue weighted by Gasteiger charge is 2.20. The fraction of sp³-hybridized carbons (Fsp3) is 0.889. The van der Waals surface area contributed by atoms with Crippen LogP contribution in [0.4, 0.5) is 0 Å². The van der Waals surface area contributed by atoms with Crippen molar-refractivity contribution in [3.05, 3.63) is 0 Å². The number of nitrogens with one attached hydrogen (secondary N) is 1. The molecule has 2 heteroatoms. The molecule has 1 atom stereocenters. The zero-order valence-electron chi connectivity index (χ0n) is 8.19. The number of carbonyl (C=O) groups excluding carboxylic acids is 1. The summed E-state index contributed by atoms with van der Waals surface area (Å²) in [5.41, 5.74) is 0.158. The highest BCUT2D eigenvalue weighted by Crippen LogP contribution is 2.18. The van der Waals surface area contributed by atoms with Gasteiger partial charge in [0.05, 0.1) is 0 Å². The topological polar surface area (TPSA) is 29.1 Å². The predicted octanol–water partition coefficient (Wildman–Crippen LogP) is 1.95. The van der Waals surface area contributed by atoms with Crippen LogP contribution >= 0.6 is 0 Å². The summed E-state index contributed by atoms with van der Waals surface area (Å²) in [6.07, 6.45) is 0.570. The number of amides is 1. The summed E-state index contributed by atoms with van der Waals surface area (Å²) in [5, 5.41) is 2.93. The maximum atomic E-state index is 11.0. The van der Waals surface area contributed by atoms with Crippen LogP contribution < -0.4 is 5.32 Å². The number of carbonyl (C=O) groups is 1. The van der Waals surface area contributed by atoms with Crippen molar-refractivity contribution in [2.24, 2.45) is 5.41 Å². The van der Waals surface area contributed by atoms with Crippen molar-refractivity contribution in [2.75, 3.05) is 0 Å². The van der Waals surface area contributed by atoms with Crippen molar-refractivity contribution in [3.8, 4) is 0 Å². The van der Waals surface area contributed by atoms with E-state index in [1.54, 1.807) is 0 Å². The van der Waals surface area contributed by atoms with Crippen molar-refractivity contribution in [3.63, 3.8) is 0 Å². The van der Waals surface area contributed by atoms with E-state index in [-0.39, 0.29) is 17.4 Å². The first-order valence-electron chi connectivity index (χ1n) is 4.17. The maximum absolute atomic E-state index is 11.0. The van der Waals surface area contributed by atoms with Crippen molar-refractivity contribution in [1.29, 1.82) is 0 Å². The van der Waals surface area contributed by atoms with Gasteiger partial charge in [-0.05, 0) is 12.3 Å². The van der Waals surface area contributed by atoms with Gasteiger partial charge in [-0.1, -0.05) is 27.7 Å². The van der Waals surface area contributed by atoms with Gasteiger partial charge in [0.2, 0.25) is 5.91 Å². The van der Waals surface area contributed by atoms with Gasteiger partial charge in [-0.2, -0.15) is 0 Å². The normalized spacial score (nSPS) is 14.3. The lowest BCUT2D eigenvalue weighted by Gasteiger charge is -2.27. The average molecular weight is 157 g/mol. The molecular formula is C9H19NO. The molecule has 1 N–H and O–H groups in total. The molecule has 0 fully saturated rings. The Labute approximate surface area is 69.4 Å². The molecule has 1 amide bonds. The summed E-state index contributed by atoms with van der Waals surface area (Å²) >= 11 is 0. The van der Waals surface area contributed by atoms with Crippen LogP contribution in [0.2, 0.25) is 0 Å². The van der Waals surface area contributed by atoms with Gasteiger partial charge in [0.25, 0.3) is 0 Å². The largest absolute Gasteiger partial charge is 0.353 e. The first kappa shape index (κ1) is 10.5. The van der Waals surface area contributed by atoms with Crippen molar-refractivity contribution >= 4 is 5.91 Å². The van der Waals surface area contributed by atoms with Gasteiger partial charge < -0.3 is 5.32 Å². The van der Waals surface area contributed by atoms with E-state index < -0.39 is 0 Å². The Morgan fingerprint density at radius 2 is 1.91 bits per heavy atom. The molecule has 1 unspecified atom stereocenters. The third-order valence-corrected chi connectivity index (χ3v) is 2.00. The van der Waals surface area contributed by atoms with Crippen molar-refractivity contribution in [2.45, 2.75) is 47.1 Å². The molecule has 0 saturated carbocycles. The minimum atomic E-state index is 0.132. The van der Waals surface area contributed by atoms with Crippen LogP contribution in [-0.2, 0) is 4.79 Å². The standard InChI is InChI=1S/C9H19NO/c1-6-8(11)10-7(2)9(3,4)5/h7H,6H2,1-5H3,(H,10,11). The van der Waals surface area contributed by atoms with Gasteiger partial charge in [-0.15, -0.1) is 0 Å². The molecule has 2 nitrogen and oxygen atoms in total. The maximum Gasteiger partial charge on any atom is 0.219 e. The van der Waals surface area contributed by atoms with Crippen LogP contribution in [-0.4, -0.2) is 11.9 Å². The van der Waals surface area contributed by atoms with Gasteiger partial charge in [-0.25, -0.2) is 0 Å². The fourth-order valence-corrected chi connectivity index (χ4v) is 0.560. The Hall–Kier alpha value is -0.530. The second kappa shape index (κ2) is 3.74. The van der Waals surface area contributed by atoms with E-state index in [1.165, 1.54) is 0 Å². The summed E-state index contributed by atoms with van der Waals surface area (Å²) in [4.78, 5) is 11.0. The molecule has 66 valence electrons. The molecule has 0 aromatic heterocycles. The number of hydrogen-bond acceptors (Lipinski definition) is 1. The Kier molecular flexibility index (Phi) is 3.56. The molecule has 0 rings (SSSR count). The van der Waals surface area contributed by atoms with Crippen LogP contribution in [0.5, 0.6) is 0 Å². The summed E-state index contributed by atoms with van der Waals surface area (Å²) in [6.45, 7) is 10.3. The van der Waals surface area contributed by atoms with Gasteiger partial charge in [0.15, 0.2) is 0 Å². The smallest absolute Gasteiger partial charge is 0.219 e. The second-order valence-electron chi connectivity index (χ2n) is 4.01. The third kappa shape index (κ3) is 4.02. The summed E-state index contributed by atoms with van der Waals surface area (Å²) < 4.78 is 0. The van der Waals surface area contributed by atoms with Crippen molar-refractivity contribution < 1.29 is 4.79 Å². The fourth-order valence-electron chi connectivity index (χ4n) is 0.560. The third-order valence-electron chi connectivity index (χ3n) is 2.00. The van der Waals surface area contributed by atoms with E-state index in [4.69, 9.17) is 0 Å². The molecular weight excluding hydrogens is 138 g/mol. The lowest BCUT2D eigenvalue weighted by molar-refractivity contribution is -0.122. The Balaban J connectivity index is 3.87. The van der Waals surface area contributed by atoms with E-state index in [2.05, 4.69) is 26.1 Å². The monoisotopic (exact) mass is 157 g/mol. The first-order chi connectivity index (χ1) is 4.88. The van der Waals surface area contributed by atoms with Gasteiger partial charge in [-0.3, -0.25) is 4.79 Å². The molecule has 0 heterocycles. The van der Waals surface area contributed by atoms with Crippen LogP contribution in [0.25, 0.3) is 0 Å². The Morgan fingerprint density at radius 1 is 1.45 bits per heavy atom. The van der Waals surface area contributed by atoms with Crippen LogP contribution in [0.3, 0.4) is 0 Å². The first-order valence-corrected chi connectivity index (χ1v) is 4.17. The van der Waals surface area contributed by atoms with E-state index in [0.29, 0.717) is 6.42 Å². The van der Waals surface area contributed by atoms with Crippen LogP contribution in [0.1, 0.15) is 41.0 Å². The van der Waals surface area contributed by atoms with E-state index in [0.717, 1.165) is 0 Å². The van der Waals surface area contributed by atoms with Gasteiger partial charge >= 0.3 is 0 Å². The molecule has 0 aliphatic heterocycles. The Morgan fingerprint density at radius 3 is 2.18 bits per heavy atom. The minimum Gasteiger partial charge on any atom is -0.353 e. The molecule has 0 aliphatic rings. The van der Waals surface area contributed by atoms with Crippen molar-refractivity contribution in [1.82, 2.24) is 5.32 Å². The summed E-state index contributed by atoms with van der Waals surface area (Å²) in [6, 6.07) is 0.245. The Bertz CT molecular complexity index is 135. The summed E-state index contributed by atoms with van der Waals surface area (Å²) in [5.74, 6) is 0.132. The zero-order valence-corrected chi connectivity index (χ0v) is 8.19.